The van der Waals surface area contributed by atoms with Crippen molar-refractivity contribution in [2.24, 2.45) is 5.92 Å². The van der Waals surface area contributed by atoms with Crippen LogP contribution in [-0.2, 0) is 13.9 Å². The van der Waals surface area contributed by atoms with Crippen LogP contribution in [0.1, 0.15) is 59.8 Å². The topological polar surface area (TPSA) is 31.0 Å². The van der Waals surface area contributed by atoms with Crippen LogP contribution in [0.25, 0.3) is 0 Å². The van der Waals surface area contributed by atoms with Gasteiger partial charge in [-0.3, -0.25) is 0 Å². The highest BCUT2D eigenvalue weighted by Crippen LogP contribution is 2.40. The van der Waals surface area contributed by atoms with Gasteiger partial charge in [-0.25, -0.2) is 0 Å². The van der Waals surface area contributed by atoms with Gasteiger partial charge in [-0.2, -0.15) is 0 Å². The Labute approximate surface area is 132 Å². The summed E-state index contributed by atoms with van der Waals surface area (Å²) in [6, 6.07) is 0. The van der Waals surface area contributed by atoms with E-state index in [0.29, 0.717) is 23.3 Å². The van der Waals surface area contributed by atoms with Gasteiger partial charge < -0.3 is 13.9 Å². The van der Waals surface area contributed by atoms with E-state index in [-0.39, 0.29) is 0 Å². The molecular formula is C17H34O3Si. The molecule has 0 radical (unpaired) electrons. The number of epoxide rings is 1. The van der Waals surface area contributed by atoms with Crippen molar-refractivity contribution in [1.29, 1.82) is 0 Å². The Morgan fingerprint density at radius 3 is 2.43 bits per heavy atom. The second-order valence-electron chi connectivity index (χ2n) is 7.47. The van der Waals surface area contributed by atoms with Crippen LogP contribution in [0.15, 0.2) is 0 Å². The van der Waals surface area contributed by atoms with Gasteiger partial charge in [-0.05, 0) is 49.1 Å². The van der Waals surface area contributed by atoms with Crippen molar-refractivity contribution in [2.75, 3.05) is 19.8 Å². The van der Waals surface area contributed by atoms with Crippen molar-refractivity contribution in [1.82, 2.24) is 0 Å². The van der Waals surface area contributed by atoms with E-state index >= 15 is 0 Å². The summed E-state index contributed by atoms with van der Waals surface area (Å²) in [5.41, 5.74) is 1.43. The molecule has 1 aliphatic carbocycles. The number of ether oxygens (including phenoxy) is 2. The van der Waals surface area contributed by atoms with E-state index in [1.54, 1.807) is 0 Å². The van der Waals surface area contributed by atoms with Crippen LogP contribution in [-0.4, -0.2) is 41.1 Å². The lowest BCUT2D eigenvalue weighted by atomic mass is 9.86. The number of hydrogen-bond acceptors (Lipinski definition) is 3. The highest BCUT2D eigenvalue weighted by atomic mass is 28.3. The Morgan fingerprint density at radius 1 is 1.00 bits per heavy atom. The van der Waals surface area contributed by atoms with Gasteiger partial charge in [-0.1, -0.05) is 27.7 Å². The third kappa shape index (κ3) is 6.01. The van der Waals surface area contributed by atoms with Gasteiger partial charge in [0.1, 0.15) is 0 Å². The second-order valence-corrected chi connectivity index (χ2v) is 11.4. The lowest BCUT2D eigenvalue weighted by Gasteiger charge is -2.23. The minimum absolute atomic E-state index is 0.618. The van der Waals surface area contributed by atoms with E-state index in [1.165, 1.54) is 32.1 Å². The second kappa shape index (κ2) is 8.66. The fourth-order valence-corrected chi connectivity index (χ4v) is 6.40. The smallest absolute Gasteiger partial charge is 0.182 e. The Morgan fingerprint density at radius 2 is 1.76 bits per heavy atom. The van der Waals surface area contributed by atoms with Gasteiger partial charge in [0.25, 0.3) is 0 Å². The number of rotatable bonds is 10. The van der Waals surface area contributed by atoms with Crippen LogP contribution in [0, 0.1) is 5.92 Å². The summed E-state index contributed by atoms with van der Waals surface area (Å²) in [6.45, 7) is 11.6. The average Bonchev–Trinajstić information content (AvgIpc) is 3.19. The normalized spacial score (nSPS) is 28.4. The SMILES string of the molecule is CC(C)[SiH](OCCOCCCC1CCC2OC2C1)C(C)C. The Bertz CT molecular complexity index is 288. The predicted molar refractivity (Wildman–Crippen MR) is 89.4 cm³/mol. The minimum atomic E-state index is -1.06. The van der Waals surface area contributed by atoms with E-state index in [4.69, 9.17) is 13.9 Å². The molecule has 0 spiro atoms. The molecule has 3 nitrogen and oxygen atoms in total. The fraction of sp³-hybridized carbons (Fsp3) is 1.00. The van der Waals surface area contributed by atoms with E-state index in [0.717, 1.165) is 25.7 Å². The van der Waals surface area contributed by atoms with Gasteiger partial charge in [0.05, 0.1) is 25.4 Å². The molecule has 2 rings (SSSR count). The van der Waals surface area contributed by atoms with Crippen LogP contribution in [0.4, 0.5) is 0 Å². The first-order valence-electron chi connectivity index (χ1n) is 8.92. The quantitative estimate of drug-likeness (QED) is 0.348. The minimum Gasteiger partial charge on any atom is -0.417 e. The number of fused-ring (bicyclic) bond motifs is 1. The van der Waals surface area contributed by atoms with E-state index in [1.807, 2.05) is 0 Å². The van der Waals surface area contributed by atoms with Crippen molar-refractivity contribution < 1.29 is 13.9 Å². The zero-order valence-corrected chi connectivity index (χ0v) is 15.5. The van der Waals surface area contributed by atoms with Gasteiger partial charge >= 0.3 is 0 Å². The largest absolute Gasteiger partial charge is 0.417 e. The Balaban J connectivity index is 1.43. The molecule has 1 heterocycles. The zero-order chi connectivity index (χ0) is 15.2. The van der Waals surface area contributed by atoms with Crippen molar-refractivity contribution in [3.63, 3.8) is 0 Å². The van der Waals surface area contributed by atoms with Crippen LogP contribution in [0.3, 0.4) is 0 Å². The zero-order valence-electron chi connectivity index (χ0n) is 14.3. The molecule has 2 fully saturated rings. The maximum absolute atomic E-state index is 6.08. The molecule has 1 saturated heterocycles. The predicted octanol–water partition coefficient (Wildman–Crippen LogP) is 3.91. The molecule has 0 aromatic heterocycles. The number of hydrogen-bond donors (Lipinski definition) is 0. The molecule has 2 aliphatic rings. The average molecular weight is 315 g/mol. The van der Waals surface area contributed by atoms with E-state index in [2.05, 4.69) is 27.7 Å². The maximum Gasteiger partial charge on any atom is 0.182 e. The van der Waals surface area contributed by atoms with Crippen molar-refractivity contribution in [3.8, 4) is 0 Å². The van der Waals surface area contributed by atoms with Crippen LogP contribution >= 0.6 is 0 Å². The Hall–Kier alpha value is 0.0969. The first kappa shape index (κ1) is 17.5. The van der Waals surface area contributed by atoms with E-state index in [9.17, 15) is 0 Å². The molecular weight excluding hydrogens is 280 g/mol. The third-order valence-corrected chi connectivity index (χ3v) is 8.11. The standard InChI is InChI=1S/C17H34O3Si/c1-13(2)21(14(3)4)19-11-10-18-9-5-6-15-7-8-16-17(12-15)20-16/h13-17,21H,5-12H2,1-4H3. The van der Waals surface area contributed by atoms with Crippen molar-refractivity contribution in [2.45, 2.75) is 83.1 Å². The molecule has 0 amide bonds. The van der Waals surface area contributed by atoms with Gasteiger partial charge in [-0.15, -0.1) is 0 Å². The van der Waals surface area contributed by atoms with Crippen LogP contribution in [0.2, 0.25) is 11.1 Å². The Kier molecular flexibility index (Phi) is 7.19. The van der Waals surface area contributed by atoms with Gasteiger partial charge in [0, 0.05) is 6.61 Å². The molecule has 3 atom stereocenters. The van der Waals surface area contributed by atoms with Crippen molar-refractivity contribution in [3.05, 3.63) is 0 Å². The van der Waals surface area contributed by atoms with Crippen LogP contribution in [0.5, 0.6) is 0 Å². The fourth-order valence-electron chi connectivity index (χ4n) is 3.72. The van der Waals surface area contributed by atoms with Crippen molar-refractivity contribution >= 4 is 9.04 Å². The summed E-state index contributed by atoms with van der Waals surface area (Å²) in [7, 11) is -1.06. The highest BCUT2D eigenvalue weighted by Gasteiger charge is 2.43. The molecule has 3 unspecified atom stereocenters. The summed E-state index contributed by atoms with van der Waals surface area (Å²) in [6.07, 6.45) is 7.70. The summed E-state index contributed by atoms with van der Waals surface area (Å²) in [4.78, 5) is 0. The summed E-state index contributed by atoms with van der Waals surface area (Å²) in [5.74, 6) is 0.882. The molecule has 1 aliphatic heterocycles. The first-order valence-corrected chi connectivity index (χ1v) is 10.7. The molecule has 21 heavy (non-hydrogen) atoms. The maximum atomic E-state index is 6.08. The summed E-state index contributed by atoms with van der Waals surface area (Å²) >= 11 is 0. The van der Waals surface area contributed by atoms with Gasteiger partial charge in [0.2, 0.25) is 0 Å². The molecule has 0 aromatic carbocycles. The molecule has 0 bridgehead atoms. The highest BCUT2D eigenvalue weighted by molar-refractivity contribution is 6.54. The van der Waals surface area contributed by atoms with Crippen LogP contribution < -0.4 is 0 Å². The summed E-state index contributed by atoms with van der Waals surface area (Å²) < 4.78 is 17.4. The molecule has 1 saturated carbocycles. The lowest BCUT2D eigenvalue weighted by molar-refractivity contribution is 0.0921. The summed E-state index contributed by atoms with van der Waals surface area (Å²) in [5, 5.41) is 0. The molecule has 0 N–H and O–H groups in total. The first-order chi connectivity index (χ1) is 10.1. The van der Waals surface area contributed by atoms with E-state index < -0.39 is 9.04 Å². The third-order valence-electron chi connectivity index (χ3n) is 4.87. The van der Waals surface area contributed by atoms with Gasteiger partial charge in [0.15, 0.2) is 9.04 Å². The monoisotopic (exact) mass is 314 g/mol. The molecule has 124 valence electrons. The molecule has 0 aromatic rings. The molecule has 4 heteroatoms. The lowest BCUT2D eigenvalue weighted by Crippen LogP contribution is -2.27.